The van der Waals surface area contributed by atoms with Gasteiger partial charge in [-0.25, -0.2) is 14.4 Å². The molecular weight excluding hydrogens is 433 g/mol. The van der Waals surface area contributed by atoms with Gasteiger partial charge in [0.1, 0.15) is 33.7 Å². The number of halogens is 2. The van der Waals surface area contributed by atoms with E-state index < -0.39 is 17.8 Å². The first kappa shape index (κ1) is 20.2. The summed E-state index contributed by atoms with van der Waals surface area (Å²) in [6.45, 7) is 0. The molecule has 1 aliphatic rings. The molecule has 8 heteroatoms. The van der Waals surface area contributed by atoms with Crippen LogP contribution in [0.5, 0.6) is 5.75 Å². The number of hydrogen-bond donors (Lipinski definition) is 0. The van der Waals surface area contributed by atoms with E-state index in [1.807, 2.05) is 18.2 Å². The van der Waals surface area contributed by atoms with Crippen molar-refractivity contribution >= 4 is 34.1 Å². The molecule has 0 aliphatic carbocycles. The van der Waals surface area contributed by atoms with Crippen molar-refractivity contribution in [1.82, 2.24) is 9.99 Å². The van der Waals surface area contributed by atoms with E-state index in [4.69, 9.17) is 20.8 Å². The van der Waals surface area contributed by atoms with Crippen LogP contribution < -0.4 is 4.74 Å². The molecule has 32 heavy (non-hydrogen) atoms. The smallest absolute Gasteiger partial charge is 0.277 e. The lowest BCUT2D eigenvalue weighted by atomic mass is 10.00. The van der Waals surface area contributed by atoms with E-state index in [0.717, 1.165) is 5.39 Å². The second-order valence-electron chi connectivity index (χ2n) is 7.27. The maximum absolute atomic E-state index is 14.4. The van der Waals surface area contributed by atoms with Crippen molar-refractivity contribution in [3.63, 3.8) is 0 Å². The minimum atomic E-state index is -0.620. The SMILES string of the molecule is COc1cccc2cc([C@@H]3CC(c4ccco4)=NN3C(=O)c3ccccc3F)c(Cl)nc12. The molecule has 4 aromatic rings. The van der Waals surface area contributed by atoms with E-state index in [9.17, 15) is 9.18 Å². The van der Waals surface area contributed by atoms with Crippen LogP contribution in [0.2, 0.25) is 5.15 Å². The summed E-state index contributed by atoms with van der Waals surface area (Å²) in [5.74, 6) is -0.0682. The van der Waals surface area contributed by atoms with Gasteiger partial charge >= 0.3 is 0 Å². The summed E-state index contributed by atoms with van der Waals surface area (Å²) >= 11 is 6.58. The summed E-state index contributed by atoms with van der Waals surface area (Å²) in [7, 11) is 1.56. The number of hydrogen-bond acceptors (Lipinski definition) is 5. The van der Waals surface area contributed by atoms with E-state index in [-0.39, 0.29) is 10.7 Å². The van der Waals surface area contributed by atoms with Crippen molar-refractivity contribution in [3.05, 3.63) is 94.8 Å². The molecule has 160 valence electrons. The van der Waals surface area contributed by atoms with Crippen molar-refractivity contribution in [3.8, 4) is 5.75 Å². The van der Waals surface area contributed by atoms with Crippen molar-refractivity contribution in [1.29, 1.82) is 0 Å². The van der Waals surface area contributed by atoms with E-state index in [2.05, 4.69) is 10.1 Å². The van der Waals surface area contributed by atoms with Crippen LogP contribution in [0.15, 0.2) is 76.4 Å². The van der Waals surface area contributed by atoms with Gasteiger partial charge in [0.15, 0.2) is 0 Å². The topological polar surface area (TPSA) is 67.9 Å². The maximum atomic E-state index is 14.4. The molecule has 0 fully saturated rings. The van der Waals surface area contributed by atoms with Gasteiger partial charge in [-0.2, -0.15) is 5.10 Å². The Kier molecular flexibility index (Phi) is 5.11. The average molecular weight is 450 g/mol. The van der Waals surface area contributed by atoms with Gasteiger partial charge in [-0.3, -0.25) is 4.79 Å². The molecule has 0 saturated heterocycles. The monoisotopic (exact) mass is 449 g/mol. The third-order valence-corrected chi connectivity index (χ3v) is 5.70. The second-order valence-corrected chi connectivity index (χ2v) is 7.63. The van der Waals surface area contributed by atoms with Crippen LogP contribution >= 0.6 is 11.6 Å². The number of furan rings is 1. The van der Waals surface area contributed by atoms with E-state index in [1.165, 1.54) is 29.5 Å². The molecule has 0 N–H and O–H groups in total. The Morgan fingerprint density at radius 1 is 1.19 bits per heavy atom. The Hall–Kier alpha value is -3.71. The van der Waals surface area contributed by atoms with Gasteiger partial charge in [0.05, 0.1) is 25.0 Å². The molecule has 2 aromatic carbocycles. The summed E-state index contributed by atoms with van der Waals surface area (Å²) in [6, 6.07) is 16.1. The van der Waals surface area contributed by atoms with Crippen LogP contribution in [0, 0.1) is 5.82 Å². The Morgan fingerprint density at radius 2 is 2.03 bits per heavy atom. The molecule has 1 amide bonds. The number of amides is 1. The molecule has 0 bridgehead atoms. The normalized spacial score (nSPS) is 15.8. The van der Waals surface area contributed by atoms with Crippen molar-refractivity contribution in [2.45, 2.75) is 12.5 Å². The first-order valence-electron chi connectivity index (χ1n) is 9.89. The quantitative estimate of drug-likeness (QED) is 0.379. The molecule has 0 unspecified atom stereocenters. The summed E-state index contributed by atoms with van der Waals surface area (Å²) in [5.41, 5.74) is 1.70. The number of carbonyl (C=O) groups excluding carboxylic acids is 1. The number of fused-ring (bicyclic) bond motifs is 1. The lowest BCUT2D eigenvalue weighted by molar-refractivity contribution is 0.0706. The largest absolute Gasteiger partial charge is 0.494 e. The summed E-state index contributed by atoms with van der Waals surface area (Å²) in [4.78, 5) is 17.8. The molecular formula is C24H17ClFN3O3. The number of nitrogens with zero attached hydrogens (tertiary/aromatic N) is 3. The average Bonchev–Trinajstić information content (AvgIpc) is 3.48. The highest BCUT2D eigenvalue weighted by molar-refractivity contribution is 6.30. The number of aromatic nitrogens is 1. The number of pyridine rings is 1. The zero-order valence-corrected chi connectivity index (χ0v) is 17.7. The van der Waals surface area contributed by atoms with E-state index in [1.54, 1.807) is 31.4 Å². The highest BCUT2D eigenvalue weighted by Gasteiger charge is 2.37. The second kappa shape index (κ2) is 8.09. The van der Waals surface area contributed by atoms with Crippen molar-refractivity contribution < 1.29 is 18.3 Å². The third kappa shape index (κ3) is 3.40. The zero-order valence-electron chi connectivity index (χ0n) is 17.0. The van der Waals surface area contributed by atoms with Gasteiger partial charge in [-0.15, -0.1) is 0 Å². The van der Waals surface area contributed by atoms with Crippen molar-refractivity contribution in [2.24, 2.45) is 5.10 Å². The van der Waals surface area contributed by atoms with Gasteiger partial charge in [0.25, 0.3) is 5.91 Å². The summed E-state index contributed by atoms with van der Waals surface area (Å²) in [5, 5.41) is 6.76. The Labute approximate surface area is 187 Å². The summed E-state index contributed by atoms with van der Waals surface area (Å²) < 4.78 is 25.3. The van der Waals surface area contributed by atoms with Crippen LogP contribution in [0.1, 0.15) is 34.1 Å². The molecule has 5 rings (SSSR count). The number of rotatable bonds is 4. The highest BCUT2D eigenvalue weighted by Crippen LogP contribution is 2.39. The lowest BCUT2D eigenvalue weighted by Gasteiger charge is -2.23. The Morgan fingerprint density at radius 3 is 2.78 bits per heavy atom. The molecule has 2 aromatic heterocycles. The third-order valence-electron chi connectivity index (χ3n) is 5.40. The van der Waals surface area contributed by atoms with Crippen LogP contribution in [0.4, 0.5) is 4.39 Å². The molecule has 1 aliphatic heterocycles. The standard InChI is InChI=1S/C24H17ClFN3O3/c1-31-21-9-4-6-14-12-16(23(25)27-22(14)21)19-13-18(20-10-5-11-32-20)28-29(19)24(30)15-7-2-3-8-17(15)26/h2-12,19H,13H2,1H3/t19-/m0/s1. The number of para-hydroxylation sites is 1. The number of ether oxygens (including phenoxy) is 1. The van der Waals surface area contributed by atoms with Crippen LogP contribution in [0.25, 0.3) is 10.9 Å². The maximum Gasteiger partial charge on any atom is 0.277 e. The van der Waals surface area contributed by atoms with Crippen LogP contribution in [0.3, 0.4) is 0 Å². The predicted octanol–water partition coefficient (Wildman–Crippen LogP) is 5.62. The Bertz CT molecular complexity index is 1350. The number of methoxy groups -OCH3 is 1. The molecule has 6 nitrogen and oxygen atoms in total. The van der Waals surface area contributed by atoms with Gasteiger partial charge in [0.2, 0.25) is 0 Å². The van der Waals surface area contributed by atoms with Gasteiger partial charge in [-0.05, 0) is 36.4 Å². The fourth-order valence-electron chi connectivity index (χ4n) is 3.85. The number of hydrazone groups is 1. The molecule has 0 spiro atoms. The molecule has 3 heterocycles. The molecule has 0 radical (unpaired) electrons. The van der Waals surface area contributed by atoms with Gasteiger partial charge in [0, 0.05) is 17.4 Å². The first-order valence-corrected chi connectivity index (χ1v) is 10.3. The predicted molar refractivity (Wildman–Crippen MR) is 118 cm³/mol. The minimum absolute atomic E-state index is 0.0755. The van der Waals surface area contributed by atoms with Crippen LogP contribution in [-0.2, 0) is 0 Å². The summed E-state index contributed by atoms with van der Waals surface area (Å²) in [6.07, 6.45) is 1.87. The minimum Gasteiger partial charge on any atom is -0.494 e. The molecule has 0 saturated carbocycles. The first-order chi connectivity index (χ1) is 15.6. The Balaban J connectivity index is 1.62. The van der Waals surface area contributed by atoms with E-state index in [0.29, 0.717) is 34.7 Å². The highest BCUT2D eigenvalue weighted by atomic mass is 35.5. The fraction of sp³-hybridized carbons (Fsp3) is 0.125. The van der Waals surface area contributed by atoms with Gasteiger partial charge in [-0.1, -0.05) is 35.9 Å². The van der Waals surface area contributed by atoms with E-state index >= 15 is 0 Å². The molecule has 1 atom stereocenters. The zero-order chi connectivity index (χ0) is 22.2. The number of carbonyl (C=O) groups is 1. The van der Waals surface area contributed by atoms with Crippen molar-refractivity contribution in [2.75, 3.05) is 7.11 Å². The fourth-order valence-corrected chi connectivity index (χ4v) is 4.12. The van der Waals surface area contributed by atoms with Gasteiger partial charge < -0.3 is 9.15 Å². The van der Waals surface area contributed by atoms with Crippen LogP contribution in [-0.4, -0.2) is 28.7 Å². The lowest BCUT2D eigenvalue weighted by Crippen LogP contribution is -2.28. The number of benzene rings is 2.